The first kappa shape index (κ1) is 9.97. The van der Waals surface area contributed by atoms with Crippen LogP contribution in [-0.4, -0.2) is 18.1 Å². The maximum absolute atomic E-state index is 10.3. The zero-order valence-corrected chi connectivity index (χ0v) is 7.17. The van der Waals surface area contributed by atoms with E-state index in [0.717, 1.165) is 0 Å². The molecule has 0 amide bonds. The maximum Gasteiger partial charge on any atom is 0.294 e. The van der Waals surface area contributed by atoms with Crippen LogP contribution in [0.15, 0.2) is 24.3 Å². The largest absolute Gasteiger partial charge is 0.447 e. The normalized spacial score (nSPS) is 9.14. The van der Waals surface area contributed by atoms with Crippen molar-refractivity contribution in [1.29, 1.82) is 0 Å². The first-order valence-corrected chi connectivity index (χ1v) is 3.77. The fourth-order valence-corrected chi connectivity index (χ4v) is 0.860. The molecule has 0 spiro atoms. The van der Waals surface area contributed by atoms with Crippen LogP contribution in [0.2, 0.25) is 0 Å². The second kappa shape index (κ2) is 4.80. The molecule has 0 aromatic heterocycles. The topological polar surface area (TPSA) is 81.5 Å². The summed E-state index contributed by atoms with van der Waals surface area (Å²) >= 11 is 0. The average molecular weight is 196 g/mol. The molecular weight excluding hydrogens is 188 g/mol. The number of hydrogen-bond acceptors (Lipinski definition) is 5. The Balaban J connectivity index is 2.55. The van der Waals surface area contributed by atoms with Gasteiger partial charge in [-0.3, -0.25) is 14.9 Å². The number of benzene rings is 1. The summed E-state index contributed by atoms with van der Waals surface area (Å²) < 4.78 is 4.39. The molecule has 0 aliphatic carbocycles. The minimum absolute atomic E-state index is 0.0202. The van der Waals surface area contributed by atoms with Crippen molar-refractivity contribution in [2.45, 2.75) is 0 Å². The van der Waals surface area contributed by atoms with Gasteiger partial charge in [-0.25, -0.2) is 0 Å². The van der Waals surface area contributed by atoms with Gasteiger partial charge in [0.15, 0.2) is 6.73 Å². The SMILES string of the molecule is O=COCNc1ccc([N+](=O)[O-])cc1. The van der Waals surface area contributed by atoms with Gasteiger partial charge in [-0.05, 0) is 12.1 Å². The lowest BCUT2D eigenvalue weighted by molar-refractivity contribution is -0.384. The van der Waals surface area contributed by atoms with Gasteiger partial charge >= 0.3 is 0 Å². The number of nitro benzene ring substituents is 1. The number of anilines is 1. The highest BCUT2D eigenvalue weighted by Gasteiger charge is 2.02. The van der Waals surface area contributed by atoms with Crippen LogP contribution in [0.5, 0.6) is 0 Å². The summed E-state index contributed by atoms with van der Waals surface area (Å²) in [5.41, 5.74) is 0.671. The third-order valence-corrected chi connectivity index (χ3v) is 1.51. The van der Waals surface area contributed by atoms with Crippen molar-refractivity contribution in [3.05, 3.63) is 34.4 Å². The number of nitrogens with zero attached hydrogens (tertiary/aromatic N) is 1. The monoisotopic (exact) mass is 196 g/mol. The zero-order chi connectivity index (χ0) is 10.4. The summed E-state index contributed by atoms with van der Waals surface area (Å²) in [4.78, 5) is 19.6. The van der Waals surface area contributed by atoms with Gasteiger partial charge in [-0.2, -0.15) is 0 Å². The molecule has 0 fully saturated rings. The first-order valence-electron chi connectivity index (χ1n) is 3.77. The van der Waals surface area contributed by atoms with E-state index in [9.17, 15) is 14.9 Å². The third kappa shape index (κ3) is 2.74. The highest BCUT2D eigenvalue weighted by Crippen LogP contribution is 2.14. The molecule has 1 rings (SSSR count). The molecule has 0 saturated heterocycles. The standard InChI is InChI=1S/C8H8N2O4/c11-6-14-5-9-7-1-3-8(4-2-7)10(12)13/h1-4,6,9H,5H2. The molecule has 0 aliphatic rings. The van der Waals surface area contributed by atoms with Gasteiger partial charge in [0.05, 0.1) is 4.92 Å². The Hall–Kier alpha value is -2.11. The average Bonchev–Trinajstić information content (AvgIpc) is 2.19. The molecule has 0 heterocycles. The van der Waals surface area contributed by atoms with Crippen molar-refractivity contribution >= 4 is 17.8 Å². The predicted octanol–water partition coefficient (Wildman–Crippen LogP) is 1.14. The third-order valence-electron chi connectivity index (χ3n) is 1.51. The number of nitrogens with one attached hydrogen (secondary N) is 1. The molecule has 0 radical (unpaired) electrons. The summed E-state index contributed by atoms with van der Waals surface area (Å²) in [5.74, 6) is 0. The molecule has 74 valence electrons. The molecule has 0 saturated carbocycles. The highest BCUT2D eigenvalue weighted by molar-refractivity contribution is 5.48. The van der Waals surface area contributed by atoms with E-state index in [2.05, 4.69) is 10.1 Å². The molecule has 1 aromatic rings. The fraction of sp³-hybridized carbons (Fsp3) is 0.125. The maximum atomic E-state index is 10.3. The number of nitro groups is 1. The highest BCUT2D eigenvalue weighted by atomic mass is 16.6. The number of carbonyl (C=O) groups is 1. The van der Waals surface area contributed by atoms with Crippen molar-refractivity contribution in [1.82, 2.24) is 0 Å². The Morgan fingerprint density at radius 2 is 2.07 bits per heavy atom. The molecule has 0 aliphatic heterocycles. The molecule has 14 heavy (non-hydrogen) atoms. The van der Waals surface area contributed by atoms with Crippen molar-refractivity contribution in [3.8, 4) is 0 Å². The molecule has 0 bridgehead atoms. The van der Waals surface area contributed by atoms with E-state index in [1.165, 1.54) is 24.3 Å². The summed E-state index contributed by atoms with van der Waals surface area (Å²) in [5, 5.41) is 13.0. The molecule has 1 aromatic carbocycles. The molecular formula is C8H8N2O4. The Labute approximate surface area is 79.6 Å². The van der Waals surface area contributed by atoms with Crippen LogP contribution in [0.3, 0.4) is 0 Å². The summed E-state index contributed by atoms with van der Waals surface area (Å²) in [6, 6.07) is 5.80. The van der Waals surface area contributed by atoms with Gasteiger partial charge in [0.2, 0.25) is 0 Å². The number of hydrogen-bond donors (Lipinski definition) is 1. The van der Waals surface area contributed by atoms with Gasteiger partial charge in [0.25, 0.3) is 12.2 Å². The van der Waals surface area contributed by atoms with Gasteiger partial charge in [0, 0.05) is 17.8 Å². The van der Waals surface area contributed by atoms with E-state index in [0.29, 0.717) is 12.2 Å². The van der Waals surface area contributed by atoms with Crippen LogP contribution in [0.1, 0.15) is 0 Å². The van der Waals surface area contributed by atoms with E-state index >= 15 is 0 Å². The summed E-state index contributed by atoms with van der Waals surface area (Å²) in [7, 11) is 0. The van der Waals surface area contributed by atoms with Gasteiger partial charge < -0.3 is 10.1 Å². The smallest absolute Gasteiger partial charge is 0.294 e. The number of carbonyl (C=O) groups excluding carboxylic acids is 1. The molecule has 6 heteroatoms. The van der Waals surface area contributed by atoms with Crippen LogP contribution in [-0.2, 0) is 9.53 Å². The van der Waals surface area contributed by atoms with Crippen molar-refractivity contribution in [3.63, 3.8) is 0 Å². The predicted molar refractivity (Wildman–Crippen MR) is 48.7 cm³/mol. The summed E-state index contributed by atoms with van der Waals surface area (Å²) in [6.07, 6.45) is 0. The van der Waals surface area contributed by atoms with E-state index in [-0.39, 0.29) is 12.4 Å². The van der Waals surface area contributed by atoms with Crippen molar-refractivity contribution in [2.24, 2.45) is 0 Å². The van der Waals surface area contributed by atoms with Crippen LogP contribution < -0.4 is 5.32 Å². The number of ether oxygens (including phenoxy) is 1. The van der Waals surface area contributed by atoms with E-state index in [1.807, 2.05) is 0 Å². The molecule has 0 atom stereocenters. The lowest BCUT2D eigenvalue weighted by atomic mass is 10.3. The van der Waals surface area contributed by atoms with Crippen LogP contribution in [0.25, 0.3) is 0 Å². The van der Waals surface area contributed by atoms with Gasteiger partial charge in [-0.1, -0.05) is 0 Å². The zero-order valence-electron chi connectivity index (χ0n) is 7.17. The first-order chi connectivity index (χ1) is 6.74. The second-order valence-electron chi connectivity index (χ2n) is 2.39. The lowest BCUT2D eigenvalue weighted by Crippen LogP contribution is -2.04. The van der Waals surface area contributed by atoms with Crippen molar-refractivity contribution in [2.75, 3.05) is 12.0 Å². The summed E-state index contributed by atoms with van der Waals surface area (Å²) in [6.45, 7) is 0.361. The molecule has 6 nitrogen and oxygen atoms in total. The fourth-order valence-electron chi connectivity index (χ4n) is 0.860. The molecule has 0 unspecified atom stereocenters. The Bertz CT molecular complexity index is 323. The number of non-ortho nitro benzene ring substituents is 1. The minimum atomic E-state index is -0.480. The van der Waals surface area contributed by atoms with Crippen molar-refractivity contribution < 1.29 is 14.5 Å². The van der Waals surface area contributed by atoms with E-state index in [4.69, 9.17) is 0 Å². The van der Waals surface area contributed by atoms with Crippen LogP contribution in [0, 0.1) is 10.1 Å². The second-order valence-corrected chi connectivity index (χ2v) is 2.39. The Morgan fingerprint density at radius 3 is 2.57 bits per heavy atom. The lowest BCUT2D eigenvalue weighted by Gasteiger charge is -2.03. The number of rotatable bonds is 5. The van der Waals surface area contributed by atoms with Crippen LogP contribution >= 0.6 is 0 Å². The van der Waals surface area contributed by atoms with Crippen LogP contribution in [0.4, 0.5) is 11.4 Å². The quantitative estimate of drug-likeness (QED) is 0.251. The van der Waals surface area contributed by atoms with Gasteiger partial charge in [-0.15, -0.1) is 0 Å². The minimum Gasteiger partial charge on any atom is -0.447 e. The van der Waals surface area contributed by atoms with E-state index < -0.39 is 4.92 Å². The van der Waals surface area contributed by atoms with Gasteiger partial charge in [0.1, 0.15) is 0 Å². The Morgan fingerprint density at radius 1 is 1.43 bits per heavy atom. The Kier molecular flexibility index (Phi) is 3.42. The molecule has 1 N–H and O–H groups in total. The van der Waals surface area contributed by atoms with E-state index in [1.54, 1.807) is 0 Å².